The Morgan fingerprint density at radius 1 is 1.08 bits per heavy atom. The number of hydrogen-bond acceptors (Lipinski definition) is 6. The maximum atomic E-state index is 13.2. The minimum Gasteiger partial charge on any atom is -0.497 e. The lowest BCUT2D eigenvalue weighted by atomic mass is 10.1. The number of anilines is 1. The van der Waals surface area contributed by atoms with Crippen LogP contribution in [0.1, 0.15) is 18.1 Å². The summed E-state index contributed by atoms with van der Waals surface area (Å²) in [7, 11) is 1.59. The summed E-state index contributed by atoms with van der Waals surface area (Å²) in [6, 6.07) is 16.1. The molecular formula is C26H20BrCl2NO4S2. The van der Waals surface area contributed by atoms with Gasteiger partial charge in [-0.25, -0.2) is 0 Å². The van der Waals surface area contributed by atoms with E-state index in [1.165, 1.54) is 16.7 Å². The zero-order valence-electron chi connectivity index (χ0n) is 19.2. The fraction of sp³-hybridized carbons (Fsp3) is 0.154. The molecule has 0 radical (unpaired) electrons. The Balaban J connectivity index is 1.59. The topological polar surface area (TPSA) is 48.0 Å². The quantitative estimate of drug-likeness (QED) is 0.186. The molecule has 186 valence electrons. The summed E-state index contributed by atoms with van der Waals surface area (Å²) in [5.74, 6) is 1.58. The first-order valence-electron chi connectivity index (χ1n) is 10.8. The molecule has 0 saturated carbocycles. The van der Waals surface area contributed by atoms with Crippen molar-refractivity contribution >= 4 is 85.1 Å². The maximum Gasteiger partial charge on any atom is 0.270 e. The highest BCUT2D eigenvalue weighted by atomic mass is 79.9. The molecule has 1 aliphatic heterocycles. The van der Waals surface area contributed by atoms with Crippen LogP contribution in [0.5, 0.6) is 17.2 Å². The van der Waals surface area contributed by atoms with Gasteiger partial charge in [-0.1, -0.05) is 53.2 Å². The molecule has 0 unspecified atom stereocenters. The molecule has 10 heteroatoms. The van der Waals surface area contributed by atoms with Gasteiger partial charge in [-0.3, -0.25) is 9.69 Å². The Labute approximate surface area is 237 Å². The summed E-state index contributed by atoms with van der Waals surface area (Å²) >= 11 is 22.6. The molecule has 3 aromatic carbocycles. The van der Waals surface area contributed by atoms with E-state index < -0.39 is 0 Å². The van der Waals surface area contributed by atoms with E-state index in [0.717, 1.165) is 11.1 Å². The number of nitrogens with zero attached hydrogens (tertiary/aromatic N) is 1. The van der Waals surface area contributed by atoms with Crippen molar-refractivity contribution in [2.45, 2.75) is 13.5 Å². The number of methoxy groups -OCH3 is 1. The van der Waals surface area contributed by atoms with Crippen LogP contribution in [-0.2, 0) is 11.4 Å². The fourth-order valence-electron chi connectivity index (χ4n) is 3.44. The SMILES string of the molecule is CCOc1cc(/C=C2/SC(=S)N(c3ccc(OC)cc3)C2=O)cc(Br)c1OCc1ccc(Cl)cc1Cl. The van der Waals surface area contributed by atoms with Gasteiger partial charge in [0.05, 0.1) is 28.8 Å². The minimum absolute atomic E-state index is 0.193. The van der Waals surface area contributed by atoms with E-state index in [2.05, 4.69) is 15.9 Å². The number of halogens is 3. The summed E-state index contributed by atoms with van der Waals surface area (Å²) in [6.45, 7) is 2.56. The van der Waals surface area contributed by atoms with Crippen molar-refractivity contribution in [2.75, 3.05) is 18.6 Å². The van der Waals surface area contributed by atoms with Gasteiger partial charge in [-0.05, 0) is 83.0 Å². The highest BCUT2D eigenvalue weighted by molar-refractivity contribution is 9.10. The second-order valence-electron chi connectivity index (χ2n) is 7.50. The number of amides is 1. The average molecular weight is 625 g/mol. The number of carbonyl (C=O) groups excluding carboxylic acids is 1. The van der Waals surface area contributed by atoms with Crippen LogP contribution >= 0.6 is 63.1 Å². The number of rotatable bonds is 8. The first-order valence-corrected chi connectivity index (χ1v) is 13.5. The van der Waals surface area contributed by atoms with E-state index >= 15 is 0 Å². The first kappa shape index (κ1) is 26.8. The standard InChI is InChI=1S/C26H20BrCl2NO4S2/c1-3-33-22-11-15(10-20(27)24(22)34-14-16-4-5-17(28)13-21(16)29)12-23-25(31)30(26(35)36-23)18-6-8-19(32-2)9-7-18/h4-13H,3,14H2,1-2H3/b23-12+. The first-order chi connectivity index (χ1) is 17.3. The lowest BCUT2D eigenvalue weighted by molar-refractivity contribution is -0.113. The van der Waals surface area contributed by atoms with Gasteiger partial charge in [0, 0.05) is 15.6 Å². The molecule has 5 nitrogen and oxygen atoms in total. The van der Waals surface area contributed by atoms with Gasteiger partial charge in [0.2, 0.25) is 0 Å². The number of benzene rings is 3. The molecule has 0 spiro atoms. The number of hydrogen-bond donors (Lipinski definition) is 0. The minimum atomic E-state index is -0.193. The molecule has 0 aliphatic carbocycles. The normalized spacial score (nSPS) is 14.5. The molecule has 1 heterocycles. The third kappa shape index (κ3) is 6.01. The molecular weight excluding hydrogens is 605 g/mol. The molecule has 0 N–H and O–H groups in total. The van der Waals surface area contributed by atoms with Crippen LogP contribution in [0.15, 0.2) is 64.0 Å². The molecule has 1 amide bonds. The van der Waals surface area contributed by atoms with Crippen molar-refractivity contribution in [1.29, 1.82) is 0 Å². The monoisotopic (exact) mass is 623 g/mol. The molecule has 36 heavy (non-hydrogen) atoms. The number of thioether (sulfide) groups is 1. The Bertz CT molecular complexity index is 1350. The largest absolute Gasteiger partial charge is 0.497 e. The van der Waals surface area contributed by atoms with Gasteiger partial charge in [0.25, 0.3) is 5.91 Å². The van der Waals surface area contributed by atoms with Crippen LogP contribution < -0.4 is 19.1 Å². The van der Waals surface area contributed by atoms with E-state index in [0.29, 0.717) is 53.3 Å². The molecule has 0 atom stereocenters. The zero-order chi connectivity index (χ0) is 25.8. The Morgan fingerprint density at radius 3 is 2.50 bits per heavy atom. The van der Waals surface area contributed by atoms with Crippen LogP contribution in [0.4, 0.5) is 5.69 Å². The summed E-state index contributed by atoms with van der Waals surface area (Å²) < 4.78 is 18.2. The third-order valence-corrected chi connectivity index (χ3v) is 7.62. The van der Waals surface area contributed by atoms with Crippen LogP contribution in [0, 0.1) is 0 Å². The Hall–Kier alpha value is -2.23. The predicted octanol–water partition coefficient (Wildman–Crippen LogP) is 8.15. The molecule has 1 aliphatic rings. The van der Waals surface area contributed by atoms with Crippen LogP contribution in [-0.4, -0.2) is 23.9 Å². The summed E-state index contributed by atoms with van der Waals surface area (Å²) in [6.07, 6.45) is 1.79. The second-order valence-corrected chi connectivity index (χ2v) is 10.9. The Kier molecular flexibility index (Phi) is 8.85. The highest BCUT2D eigenvalue weighted by Gasteiger charge is 2.33. The molecule has 0 aromatic heterocycles. The van der Waals surface area contributed by atoms with Gasteiger partial charge < -0.3 is 14.2 Å². The van der Waals surface area contributed by atoms with E-state index in [-0.39, 0.29) is 12.5 Å². The van der Waals surface area contributed by atoms with Gasteiger partial charge in [0.15, 0.2) is 15.8 Å². The van der Waals surface area contributed by atoms with Crippen molar-refractivity contribution in [3.8, 4) is 17.2 Å². The Morgan fingerprint density at radius 2 is 1.83 bits per heavy atom. The molecule has 3 aromatic rings. The van der Waals surface area contributed by atoms with Gasteiger partial charge in [-0.15, -0.1) is 0 Å². The number of carbonyl (C=O) groups is 1. The zero-order valence-corrected chi connectivity index (χ0v) is 23.9. The molecule has 1 saturated heterocycles. The molecule has 1 fully saturated rings. The van der Waals surface area contributed by atoms with E-state index in [1.807, 2.05) is 25.1 Å². The molecule has 4 rings (SSSR count). The molecule has 0 bridgehead atoms. The smallest absolute Gasteiger partial charge is 0.270 e. The summed E-state index contributed by atoms with van der Waals surface area (Å²) in [4.78, 5) is 15.2. The van der Waals surface area contributed by atoms with Crippen molar-refractivity contribution in [1.82, 2.24) is 0 Å². The fourth-order valence-corrected chi connectivity index (χ4v) is 5.77. The van der Waals surface area contributed by atoms with Crippen molar-refractivity contribution in [3.63, 3.8) is 0 Å². The summed E-state index contributed by atoms with van der Waals surface area (Å²) in [5, 5.41) is 1.08. The van der Waals surface area contributed by atoms with Crippen LogP contribution in [0.3, 0.4) is 0 Å². The van der Waals surface area contributed by atoms with Crippen LogP contribution in [0.25, 0.3) is 6.08 Å². The van der Waals surface area contributed by atoms with E-state index in [1.54, 1.807) is 49.6 Å². The average Bonchev–Trinajstić information content (AvgIpc) is 3.12. The summed E-state index contributed by atoms with van der Waals surface area (Å²) in [5.41, 5.74) is 2.24. The second kappa shape index (κ2) is 11.9. The van der Waals surface area contributed by atoms with E-state index in [4.69, 9.17) is 49.6 Å². The van der Waals surface area contributed by atoms with Gasteiger partial charge in [-0.2, -0.15) is 0 Å². The number of ether oxygens (including phenoxy) is 3. The van der Waals surface area contributed by atoms with Crippen molar-refractivity contribution in [3.05, 3.63) is 85.1 Å². The van der Waals surface area contributed by atoms with Gasteiger partial charge in [0.1, 0.15) is 12.4 Å². The number of thiocarbonyl (C=S) groups is 1. The van der Waals surface area contributed by atoms with Crippen molar-refractivity contribution < 1.29 is 19.0 Å². The maximum absolute atomic E-state index is 13.2. The third-order valence-electron chi connectivity index (χ3n) is 5.14. The van der Waals surface area contributed by atoms with E-state index in [9.17, 15) is 4.79 Å². The van der Waals surface area contributed by atoms with Gasteiger partial charge >= 0.3 is 0 Å². The van der Waals surface area contributed by atoms with Crippen molar-refractivity contribution in [2.24, 2.45) is 0 Å². The lowest BCUT2D eigenvalue weighted by Crippen LogP contribution is -2.27. The van der Waals surface area contributed by atoms with Crippen LogP contribution in [0.2, 0.25) is 10.0 Å². The highest BCUT2D eigenvalue weighted by Crippen LogP contribution is 2.41. The predicted molar refractivity (Wildman–Crippen MR) is 155 cm³/mol. The lowest BCUT2D eigenvalue weighted by Gasteiger charge is -2.16.